The first-order valence-corrected chi connectivity index (χ1v) is 8.39. The Bertz CT molecular complexity index is 407. The molecule has 0 radical (unpaired) electrons. The first kappa shape index (κ1) is 18.1. The molecular weight excluding hydrogens is 293 g/mol. The standard InChI is InChI=1S/C17H29F3O2/c1-10(2)12-5-6-13-15(4,8-7-12)17(13,14(21)22)11(3)9-16(18,19)20/h10-14,21-22H,5-9H2,1-4H3/t11-,12?,13?,15?,17?/m0/s1. The molecule has 2 aliphatic carbocycles. The van der Waals surface area contributed by atoms with Gasteiger partial charge in [-0.15, -0.1) is 0 Å². The Morgan fingerprint density at radius 1 is 1.09 bits per heavy atom. The molecule has 22 heavy (non-hydrogen) atoms. The van der Waals surface area contributed by atoms with Gasteiger partial charge in [0.25, 0.3) is 0 Å². The summed E-state index contributed by atoms with van der Waals surface area (Å²) < 4.78 is 38.4. The van der Waals surface area contributed by atoms with Gasteiger partial charge in [-0.3, -0.25) is 0 Å². The van der Waals surface area contributed by atoms with E-state index in [-0.39, 0.29) is 11.3 Å². The fourth-order valence-electron chi connectivity index (χ4n) is 5.62. The van der Waals surface area contributed by atoms with Crippen LogP contribution in [-0.4, -0.2) is 22.7 Å². The van der Waals surface area contributed by atoms with Crippen LogP contribution < -0.4 is 0 Å². The molecule has 2 saturated carbocycles. The lowest BCUT2D eigenvalue weighted by Crippen LogP contribution is -2.37. The van der Waals surface area contributed by atoms with Crippen molar-refractivity contribution in [1.29, 1.82) is 0 Å². The van der Waals surface area contributed by atoms with Crippen molar-refractivity contribution in [2.75, 3.05) is 0 Å². The Labute approximate surface area is 131 Å². The van der Waals surface area contributed by atoms with E-state index >= 15 is 0 Å². The highest BCUT2D eigenvalue weighted by molar-refractivity contribution is 5.22. The van der Waals surface area contributed by atoms with Gasteiger partial charge < -0.3 is 10.2 Å². The lowest BCUT2D eigenvalue weighted by Gasteiger charge is -2.33. The minimum atomic E-state index is -4.26. The summed E-state index contributed by atoms with van der Waals surface area (Å²) in [6.07, 6.45) is -3.33. The first-order chi connectivity index (χ1) is 9.96. The van der Waals surface area contributed by atoms with Crippen LogP contribution in [0.25, 0.3) is 0 Å². The number of halogens is 3. The molecule has 0 aromatic heterocycles. The largest absolute Gasteiger partial charge is 0.389 e. The summed E-state index contributed by atoms with van der Waals surface area (Å²) in [4.78, 5) is 0. The molecule has 0 bridgehead atoms. The number of aliphatic hydroxyl groups is 2. The van der Waals surface area contributed by atoms with Gasteiger partial charge in [0.05, 0.1) is 0 Å². The molecule has 2 N–H and O–H groups in total. The number of alkyl halides is 3. The van der Waals surface area contributed by atoms with Crippen LogP contribution in [0.1, 0.15) is 59.8 Å². The Morgan fingerprint density at radius 2 is 1.68 bits per heavy atom. The van der Waals surface area contributed by atoms with Crippen LogP contribution in [0, 0.1) is 34.5 Å². The summed E-state index contributed by atoms with van der Waals surface area (Å²) in [7, 11) is 0. The highest BCUT2D eigenvalue weighted by atomic mass is 19.4. The average molecular weight is 322 g/mol. The van der Waals surface area contributed by atoms with Gasteiger partial charge in [0.1, 0.15) is 0 Å². The van der Waals surface area contributed by atoms with E-state index in [9.17, 15) is 23.4 Å². The molecule has 5 atom stereocenters. The summed E-state index contributed by atoms with van der Waals surface area (Å²) in [6, 6.07) is 0. The molecule has 0 heterocycles. The van der Waals surface area contributed by atoms with Crippen molar-refractivity contribution in [3.05, 3.63) is 0 Å². The molecule has 0 aromatic rings. The normalized spacial score (nSPS) is 40.5. The number of rotatable bonds is 4. The van der Waals surface area contributed by atoms with Crippen molar-refractivity contribution in [2.45, 2.75) is 72.3 Å². The van der Waals surface area contributed by atoms with Gasteiger partial charge in [0.15, 0.2) is 6.29 Å². The minimum absolute atomic E-state index is 0.0129. The van der Waals surface area contributed by atoms with Crippen LogP contribution in [0.15, 0.2) is 0 Å². The molecule has 5 heteroatoms. The lowest BCUT2D eigenvalue weighted by atomic mass is 9.75. The maximum absolute atomic E-state index is 12.8. The van der Waals surface area contributed by atoms with Crippen LogP contribution in [0.3, 0.4) is 0 Å². The third kappa shape index (κ3) is 2.68. The van der Waals surface area contributed by atoms with E-state index in [0.29, 0.717) is 11.8 Å². The third-order valence-electron chi connectivity index (χ3n) is 6.84. The maximum atomic E-state index is 12.8. The van der Waals surface area contributed by atoms with E-state index < -0.39 is 30.2 Å². The Morgan fingerprint density at radius 3 is 2.14 bits per heavy atom. The summed E-state index contributed by atoms with van der Waals surface area (Å²) in [6.45, 7) is 7.87. The fourth-order valence-corrected chi connectivity index (χ4v) is 5.62. The molecule has 2 fully saturated rings. The molecule has 130 valence electrons. The van der Waals surface area contributed by atoms with Crippen molar-refractivity contribution < 1.29 is 23.4 Å². The van der Waals surface area contributed by atoms with Crippen molar-refractivity contribution in [1.82, 2.24) is 0 Å². The second kappa shape index (κ2) is 5.66. The summed E-state index contributed by atoms with van der Waals surface area (Å²) in [5.41, 5.74) is -1.38. The van der Waals surface area contributed by atoms with Gasteiger partial charge in [0.2, 0.25) is 0 Å². The Kier molecular flexibility index (Phi) is 4.64. The molecular formula is C17H29F3O2. The zero-order chi connectivity index (χ0) is 16.9. The van der Waals surface area contributed by atoms with Crippen LogP contribution >= 0.6 is 0 Å². The van der Waals surface area contributed by atoms with Gasteiger partial charge in [-0.05, 0) is 54.8 Å². The van der Waals surface area contributed by atoms with E-state index in [1.54, 1.807) is 0 Å². The maximum Gasteiger partial charge on any atom is 0.389 e. The molecule has 0 amide bonds. The van der Waals surface area contributed by atoms with Crippen LogP contribution in [0.5, 0.6) is 0 Å². The number of fused-ring (bicyclic) bond motifs is 1. The Hall–Kier alpha value is -0.290. The zero-order valence-corrected chi connectivity index (χ0v) is 14.0. The SMILES string of the molecule is CC(C)C1CCC2C(C)(CC1)C2(C(O)O)[C@@H](C)CC(F)(F)F. The topological polar surface area (TPSA) is 40.5 Å². The highest BCUT2D eigenvalue weighted by Crippen LogP contribution is 2.79. The molecule has 0 saturated heterocycles. The van der Waals surface area contributed by atoms with E-state index in [1.807, 2.05) is 6.92 Å². The molecule has 0 aliphatic heterocycles. The number of hydrogen-bond acceptors (Lipinski definition) is 2. The van der Waals surface area contributed by atoms with Gasteiger partial charge in [-0.1, -0.05) is 27.7 Å². The molecule has 4 unspecified atom stereocenters. The minimum Gasteiger partial charge on any atom is -0.368 e. The van der Waals surface area contributed by atoms with Crippen molar-refractivity contribution in [3.63, 3.8) is 0 Å². The van der Waals surface area contributed by atoms with E-state index in [4.69, 9.17) is 0 Å². The fraction of sp³-hybridized carbons (Fsp3) is 1.00. The van der Waals surface area contributed by atoms with Crippen molar-refractivity contribution >= 4 is 0 Å². The predicted octanol–water partition coefficient (Wildman–Crippen LogP) is 4.35. The summed E-state index contributed by atoms with van der Waals surface area (Å²) in [5.74, 6) is 0.387. The average Bonchev–Trinajstić information content (AvgIpc) is 2.90. The van der Waals surface area contributed by atoms with Crippen molar-refractivity contribution in [2.24, 2.45) is 34.5 Å². The third-order valence-corrected chi connectivity index (χ3v) is 6.84. The monoisotopic (exact) mass is 322 g/mol. The number of hydrogen-bond donors (Lipinski definition) is 2. The molecule has 0 spiro atoms. The van der Waals surface area contributed by atoms with Gasteiger partial charge in [-0.2, -0.15) is 13.2 Å². The second-order valence-corrected chi connectivity index (χ2v) is 8.12. The van der Waals surface area contributed by atoms with Crippen LogP contribution in [0.4, 0.5) is 13.2 Å². The van der Waals surface area contributed by atoms with Crippen LogP contribution in [0.2, 0.25) is 0 Å². The smallest absolute Gasteiger partial charge is 0.368 e. The van der Waals surface area contributed by atoms with E-state index in [2.05, 4.69) is 13.8 Å². The number of aliphatic hydroxyl groups excluding tert-OH is 1. The van der Waals surface area contributed by atoms with Gasteiger partial charge >= 0.3 is 6.18 Å². The molecule has 2 rings (SSSR count). The van der Waals surface area contributed by atoms with E-state index in [0.717, 1.165) is 25.7 Å². The lowest BCUT2D eigenvalue weighted by molar-refractivity contribution is -0.177. The van der Waals surface area contributed by atoms with Gasteiger partial charge in [-0.25, -0.2) is 0 Å². The first-order valence-electron chi connectivity index (χ1n) is 8.39. The predicted molar refractivity (Wildman–Crippen MR) is 78.9 cm³/mol. The molecule has 2 aliphatic rings. The van der Waals surface area contributed by atoms with Gasteiger partial charge in [0, 0.05) is 11.8 Å². The summed E-state index contributed by atoms with van der Waals surface area (Å²) >= 11 is 0. The van der Waals surface area contributed by atoms with Crippen molar-refractivity contribution in [3.8, 4) is 0 Å². The zero-order valence-electron chi connectivity index (χ0n) is 14.0. The summed E-state index contributed by atoms with van der Waals surface area (Å²) in [5, 5.41) is 19.9. The second-order valence-electron chi connectivity index (χ2n) is 8.12. The highest BCUT2D eigenvalue weighted by Gasteiger charge is 2.78. The quantitative estimate of drug-likeness (QED) is 0.755. The van der Waals surface area contributed by atoms with Crippen LogP contribution in [-0.2, 0) is 0 Å². The van der Waals surface area contributed by atoms with E-state index in [1.165, 1.54) is 6.92 Å². The molecule has 0 aromatic carbocycles. The molecule has 2 nitrogen and oxygen atoms in total. The Balaban J connectivity index is 2.22.